The van der Waals surface area contributed by atoms with Crippen LogP contribution in [-0.2, 0) is 11.2 Å². The number of ether oxygens (including phenoxy) is 1. The summed E-state index contributed by atoms with van der Waals surface area (Å²) in [7, 11) is 1.46. The minimum atomic E-state index is -0.135. The molecule has 0 fully saturated rings. The molecule has 0 amide bonds. The number of rotatable bonds is 1. The lowest BCUT2D eigenvalue weighted by atomic mass is 10.1. The fourth-order valence-electron chi connectivity index (χ4n) is 1.29. The van der Waals surface area contributed by atoms with Crippen LogP contribution in [0.5, 0.6) is 5.75 Å². The Balaban J connectivity index is 2.38. The molecule has 1 aromatic carbocycles. The van der Waals surface area contributed by atoms with Gasteiger partial charge < -0.3 is 4.74 Å². The Labute approximate surface area is 87.9 Å². The lowest BCUT2D eigenvalue weighted by Gasteiger charge is -2.15. The van der Waals surface area contributed by atoms with Gasteiger partial charge in [0, 0.05) is 4.90 Å². The van der Waals surface area contributed by atoms with Gasteiger partial charge in [0.2, 0.25) is 0 Å². The zero-order valence-electron chi connectivity index (χ0n) is 6.75. The van der Waals surface area contributed by atoms with Crippen molar-refractivity contribution in [2.24, 2.45) is 0 Å². The fraction of sp³-hybridized carbons (Fsp3) is 0.222. The topological polar surface area (TPSA) is 26.3 Å². The molecule has 0 bridgehead atoms. The van der Waals surface area contributed by atoms with Gasteiger partial charge in [0.25, 0.3) is 0 Å². The number of hydrogen-bond donors (Lipinski definition) is 0. The number of esters is 1. The number of hydrogen-bond acceptors (Lipinski definition) is 3. The van der Waals surface area contributed by atoms with Crippen LogP contribution < -0.4 is 4.74 Å². The van der Waals surface area contributed by atoms with Crippen LogP contribution in [-0.4, -0.2) is 5.97 Å². The van der Waals surface area contributed by atoms with Crippen LogP contribution in [0, 0.1) is 0 Å². The second kappa shape index (κ2) is 3.72. The van der Waals surface area contributed by atoms with Crippen molar-refractivity contribution >= 4 is 31.0 Å². The van der Waals surface area contributed by atoms with E-state index in [-0.39, 0.29) is 5.97 Å². The summed E-state index contributed by atoms with van der Waals surface area (Å²) in [5.74, 6) is 0.574. The van der Waals surface area contributed by atoms with Gasteiger partial charge in [-0.1, -0.05) is 6.07 Å². The Bertz CT molecular complexity index is 351. The van der Waals surface area contributed by atoms with Crippen LogP contribution >= 0.6 is 25.0 Å². The molecule has 2 rings (SSSR count). The van der Waals surface area contributed by atoms with Gasteiger partial charge in [0.05, 0.1) is 6.42 Å². The molecule has 0 saturated heterocycles. The molecule has 4 heteroatoms. The maximum absolute atomic E-state index is 11.0. The number of fused-ring (bicyclic) bond motifs is 1. The normalized spacial score (nSPS) is 15.0. The lowest BCUT2D eigenvalue weighted by molar-refractivity contribution is -0.135. The van der Waals surface area contributed by atoms with E-state index in [4.69, 9.17) is 4.74 Å². The number of aryl methyl sites for hydroxylation is 1. The van der Waals surface area contributed by atoms with E-state index in [0.29, 0.717) is 12.2 Å². The minimum Gasteiger partial charge on any atom is -0.426 e. The molecule has 0 atom stereocenters. The number of benzene rings is 1. The van der Waals surface area contributed by atoms with Gasteiger partial charge >= 0.3 is 5.97 Å². The van der Waals surface area contributed by atoms with Crippen LogP contribution in [0.4, 0.5) is 0 Å². The Hall–Kier alpha value is -0.480. The van der Waals surface area contributed by atoms with E-state index in [1.807, 2.05) is 18.2 Å². The van der Waals surface area contributed by atoms with Crippen molar-refractivity contribution < 1.29 is 9.53 Å². The summed E-state index contributed by atoms with van der Waals surface area (Å²) in [6.45, 7) is 0. The fourth-order valence-corrected chi connectivity index (χ4v) is 2.17. The number of carbonyl (C=O) groups is 1. The predicted octanol–water partition coefficient (Wildman–Crippen LogP) is 2.94. The molecule has 0 unspecified atom stereocenters. The van der Waals surface area contributed by atoms with E-state index in [2.05, 4.69) is 14.8 Å². The van der Waals surface area contributed by atoms with Gasteiger partial charge in [-0.05, 0) is 49.1 Å². The van der Waals surface area contributed by atoms with E-state index in [9.17, 15) is 4.79 Å². The molecule has 68 valence electrons. The second-order valence-corrected chi connectivity index (χ2v) is 4.42. The molecule has 0 spiro atoms. The van der Waals surface area contributed by atoms with E-state index in [1.54, 1.807) is 0 Å². The largest absolute Gasteiger partial charge is 0.426 e. The highest BCUT2D eigenvalue weighted by Crippen LogP contribution is 2.32. The average Bonchev–Trinajstić information content (AvgIpc) is 2.16. The third-order valence-corrected chi connectivity index (χ3v) is 3.50. The van der Waals surface area contributed by atoms with Crippen molar-refractivity contribution in [1.29, 1.82) is 0 Å². The molecule has 13 heavy (non-hydrogen) atoms. The first kappa shape index (κ1) is 9.09. The highest BCUT2D eigenvalue weighted by atomic mass is 79.9. The lowest BCUT2D eigenvalue weighted by Crippen LogP contribution is -2.15. The quantitative estimate of drug-likeness (QED) is 0.573. The molecule has 0 saturated carbocycles. The van der Waals surface area contributed by atoms with Crippen molar-refractivity contribution in [3.8, 4) is 5.75 Å². The van der Waals surface area contributed by atoms with Gasteiger partial charge in [-0.3, -0.25) is 4.79 Å². The van der Waals surface area contributed by atoms with E-state index < -0.39 is 0 Å². The molecular formula is C9H7BrO2S. The van der Waals surface area contributed by atoms with Gasteiger partial charge in [-0.25, -0.2) is 0 Å². The third-order valence-electron chi connectivity index (χ3n) is 1.95. The van der Waals surface area contributed by atoms with Crippen LogP contribution in [0.1, 0.15) is 12.0 Å². The van der Waals surface area contributed by atoms with Gasteiger partial charge in [-0.2, -0.15) is 0 Å². The van der Waals surface area contributed by atoms with Gasteiger partial charge in [0.1, 0.15) is 5.75 Å². The van der Waals surface area contributed by atoms with Gasteiger partial charge in [-0.15, -0.1) is 0 Å². The Morgan fingerprint density at radius 1 is 1.38 bits per heavy atom. The summed E-state index contributed by atoms with van der Waals surface area (Å²) in [6.07, 6.45) is 1.29. The van der Waals surface area contributed by atoms with Gasteiger partial charge in [0.15, 0.2) is 0 Å². The molecular weight excluding hydrogens is 252 g/mol. The summed E-state index contributed by atoms with van der Waals surface area (Å²) < 4.78 is 5.10. The standard InChI is InChI=1S/C9H7BrO2S/c10-13-7-3-1-6-2-4-9(11)12-8(6)5-7/h1,3,5H,2,4H2. The molecule has 1 aromatic rings. The Morgan fingerprint density at radius 3 is 3.00 bits per heavy atom. The molecule has 2 nitrogen and oxygen atoms in total. The predicted molar refractivity (Wildman–Crippen MR) is 55.2 cm³/mol. The molecule has 1 heterocycles. The van der Waals surface area contributed by atoms with Crippen molar-refractivity contribution in [1.82, 2.24) is 0 Å². The van der Waals surface area contributed by atoms with Crippen molar-refractivity contribution in [3.63, 3.8) is 0 Å². The van der Waals surface area contributed by atoms with E-state index in [0.717, 1.165) is 16.9 Å². The van der Waals surface area contributed by atoms with Crippen LogP contribution in [0.15, 0.2) is 23.1 Å². The molecule has 0 radical (unpaired) electrons. The molecule has 0 aliphatic carbocycles. The Morgan fingerprint density at radius 2 is 2.23 bits per heavy atom. The van der Waals surface area contributed by atoms with Crippen molar-refractivity contribution in [3.05, 3.63) is 23.8 Å². The first-order valence-electron chi connectivity index (χ1n) is 3.92. The second-order valence-electron chi connectivity index (χ2n) is 2.82. The molecule has 1 aliphatic rings. The highest BCUT2D eigenvalue weighted by Gasteiger charge is 2.16. The smallest absolute Gasteiger partial charge is 0.311 e. The summed E-state index contributed by atoms with van der Waals surface area (Å²) in [5.41, 5.74) is 1.12. The summed E-state index contributed by atoms with van der Waals surface area (Å²) in [6, 6.07) is 5.90. The summed E-state index contributed by atoms with van der Waals surface area (Å²) in [5, 5.41) is 0. The average molecular weight is 259 g/mol. The number of halogens is 1. The third kappa shape index (κ3) is 1.89. The molecule has 1 aliphatic heterocycles. The first-order chi connectivity index (χ1) is 6.29. The Kier molecular flexibility index (Phi) is 2.60. The van der Waals surface area contributed by atoms with Crippen LogP contribution in [0.25, 0.3) is 0 Å². The zero-order valence-corrected chi connectivity index (χ0v) is 9.15. The maximum atomic E-state index is 11.0. The van der Waals surface area contributed by atoms with Crippen LogP contribution in [0.2, 0.25) is 0 Å². The van der Waals surface area contributed by atoms with E-state index >= 15 is 0 Å². The SMILES string of the molecule is O=C1CCc2ccc(SBr)cc2O1. The monoisotopic (exact) mass is 258 g/mol. The van der Waals surface area contributed by atoms with Crippen molar-refractivity contribution in [2.75, 3.05) is 0 Å². The summed E-state index contributed by atoms with van der Waals surface area (Å²) >= 11 is 3.28. The molecule has 0 aromatic heterocycles. The highest BCUT2D eigenvalue weighted by molar-refractivity contribution is 9.50. The summed E-state index contributed by atoms with van der Waals surface area (Å²) in [4.78, 5) is 12.0. The van der Waals surface area contributed by atoms with Crippen LogP contribution in [0.3, 0.4) is 0 Å². The zero-order chi connectivity index (χ0) is 9.26. The number of carbonyl (C=O) groups excluding carboxylic acids is 1. The minimum absolute atomic E-state index is 0.135. The maximum Gasteiger partial charge on any atom is 0.311 e. The molecule has 0 N–H and O–H groups in total. The van der Waals surface area contributed by atoms with Crippen molar-refractivity contribution in [2.45, 2.75) is 17.7 Å². The van der Waals surface area contributed by atoms with E-state index in [1.165, 1.54) is 10.2 Å². The first-order valence-corrected chi connectivity index (χ1v) is 6.58.